The van der Waals surface area contributed by atoms with Gasteiger partial charge < -0.3 is 14.4 Å². The minimum atomic E-state index is -3.69. The molecule has 3 heterocycles. The maximum absolute atomic E-state index is 13.7. The first-order valence-electron chi connectivity index (χ1n) is 13.6. The number of furan rings is 1. The summed E-state index contributed by atoms with van der Waals surface area (Å²) in [5.41, 5.74) is 2.75. The Morgan fingerprint density at radius 3 is 2.60 bits per heavy atom. The number of fused-ring (bicyclic) bond motifs is 2. The number of sulfonamides is 1. The number of rotatable bonds is 7. The van der Waals surface area contributed by atoms with Crippen LogP contribution in [0, 0.1) is 11.6 Å². The first-order valence-corrected chi connectivity index (χ1v) is 16.3. The third kappa shape index (κ3) is 5.85. The highest BCUT2D eigenvalue weighted by Gasteiger charge is 2.31. The van der Waals surface area contributed by atoms with Crippen molar-refractivity contribution in [2.75, 3.05) is 31.1 Å². The number of hydrogen-bond donors (Lipinski definition) is 3. The molecule has 5 aromatic rings. The number of nitrogens with zero attached hydrogens (tertiary/aromatic N) is 2. The molecule has 224 valence electrons. The number of anilines is 1. The second-order valence-electron chi connectivity index (χ2n) is 10.6. The second-order valence-corrected chi connectivity index (χ2v) is 13.4. The predicted molar refractivity (Wildman–Crippen MR) is 162 cm³/mol. The fourth-order valence-corrected chi connectivity index (χ4v) is 7.11. The number of halogens is 2. The molecule has 0 radical (unpaired) electrons. The molecule has 0 bridgehead atoms. The summed E-state index contributed by atoms with van der Waals surface area (Å²) in [5, 5.41) is 14.6. The number of carbonyl (C=O) groups is 1. The molecule has 3 N–H and O–H groups in total. The van der Waals surface area contributed by atoms with Crippen LogP contribution in [0.4, 0.5) is 14.5 Å². The van der Waals surface area contributed by atoms with Crippen LogP contribution in [0.15, 0.2) is 59.0 Å². The average Bonchev–Trinajstić information content (AvgIpc) is 3.56. The molecule has 43 heavy (non-hydrogen) atoms. The van der Waals surface area contributed by atoms with E-state index in [-0.39, 0.29) is 16.8 Å². The Labute approximate surface area is 250 Å². The predicted octanol–water partition coefficient (Wildman–Crippen LogP) is 5.59. The summed E-state index contributed by atoms with van der Waals surface area (Å²) >= 11 is 1.13. The quantitative estimate of drug-likeness (QED) is 0.201. The van der Waals surface area contributed by atoms with Crippen molar-refractivity contribution in [2.24, 2.45) is 0 Å². The van der Waals surface area contributed by atoms with Crippen LogP contribution in [0.3, 0.4) is 0 Å². The molecule has 9 nitrogen and oxygen atoms in total. The van der Waals surface area contributed by atoms with Gasteiger partial charge in [-0.3, -0.25) is 14.8 Å². The van der Waals surface area contributed by atoms with Gasteiger partial charge in [0.25, 0.3) is 5.91 Å². The van der Waals surface area contributed by atoms with E-state index in [1.807, 2.05) is 0 Å². The normalized spacial score (nSPS) is 16.6. The summed E-state index contributed by atoms with van der Waals surface area (Å²) in [6.45, 7) is 0.778. The Morgan fingerprint density at radius 1 is 1.14 bits per heavy atom. The minimum absolute atomic E-state index is 0.254. The Bertz CT molecular complexity index is 1960. The van der Waals surface area contributed by atoms with Gasteiger partial charge in [-0.05, 0) is 74.0 Å². The van der Waals surface area contributed by atoms with Gasteiger partial charge in [0.2, 0.25) is 10.0 Å². The smallest absolute Gasteiger partial charge is 0.282 e. The van der Waals surface area contributed by atoms with E-state index in [0.717, 1.165) is 17.6 Å². The van der Waals surface area contributed by atoms with Crippen molar-refractivity contribution in [3.8, 4) is 11.3 Å². The van der Waals surface area contributed by atoms with Crippen molar-refractivity contribution in [2.45, 2.75) is 25.0 Å². The second kappa shape index (κ2) is 11.3. The summed E-state index contributed by atoms with van der Waals surface area (Å²) in [6, 6.07) is 13.2. The molecule has 0 spiro atoms. The van der Waals surface area contributed by atoms with Crippen LogP contribution in [-0.2, 0) is 10.0 Å². The number of amides is 1. The van der Waals surface area contributed by atoms with Gasteiger partial charge in [0, 0.05) is 41.6 Å². The van der Waals surface area contributed by atoms with E-state index in [9.17, 15) is 27.1 Å². The lowest BCUT2D eigenvalue weighted by Crippen LogP contribution is -2.39. The third-order valence-corrected chi connectivity index (χ3v) is 9.13. The van der Waals surface area contributed by atoms with E-state index in [1.54, 1.807) is 24.1 Å². The maximum atomic E-state index is 13.7. The molecular weight excluding hydrogens is 598 g/mol. The number of likely N-dealkylation sites (tertiary alicyclic amines) is 1. The molecule has 1 fully saturated rings. The molecule has 1 aliphatic heterocycles. The SMILES string of the molecule is CNC(O)c1c(-c2ccc(F)cc2)oc2cc(NS(C)(=O)=O)c([C@@H]3CCCN(C(=O)c4nc5ccc(F)cc5s4)C3)cc12. The number of thiazole rings is 1. The van der Waals surface area contributed by atoms with Crippen molar-refractivity contribution in [1.29, 1.82) is 0 Å². The first-order chi connectivity index (χ1) is 20.5. The lowest BCUT2D eigenvalue weighted by molar-refractivity contribution is 0.0707. The summed E-state index contributed by atoms with van der Waals surface area (Å²) in [6.07, 6.45) is 1.24. The number of piperidine rings is 1. The number of benzene rings is 3. The highest BCUT2D eigenvalue weighted by atomic mass is 32.2. The molecule has 3 aromatic carbocycles. The number of aromatic nitrogens is 1. The topological polar surface area (TPSA) is 125 Å². The van der Waals surface area contributed by atoms with Crippen molar-refractivity contribution in [3.05, 3.63) is 82.4 Å². The number of aliphatic hydroxyl groups excluding tert-OH is 1. The van der Waals surface area contributed by atoms with E-state index >= 15 is 0 Å². The maximum Gasteiger partial charge on any atom is 0.282 e. The zero-order valence-corrected chi connectivity index (χ0v) is 24.9. The summed E-state index contributed by atoms with van der Waals surface area (Å²) in [7, 11) is -2.11. The molecule has 6 rings (SSSR count). The fraction of sp³-hybridized carbons (Fsp3) is 0.267. The van der Waals surface area contributed by atoms with Gasteiger partial charge in [-0.2, -0.15) is 0 Å². The van der Waals surface area contributed by atoms with Gasteiger partial charge in [-0.25, -0.2) is 22.2 Å². The van der Waals surface area contributed by atoms with Crippen molar-refractivity contribution < 1.29 is 31.5 Å². The zero-order chi connectivity index (χ0) is 30.5. The Kier molecular flexibility index (Phi) is 7.67. The molecule has 1 saturated heterocycles. The highest BCUT2D eigenvalue weighted by Crippen LogP contribution is 2.42. The van der Waals surface area contributed by atoms with Crippen LogP contribution in [0.25, 0.3) is 32.5 Å². The van der Waals surface area contributed by atoms with Crippen molar-refractivity contribution in [1.82, 2.24) is 15.2 Å². The van der Waals surface area contributed by atoms with Gasteiger partial charge in [0.15, 0.2) is 5.01 Å². The van der Waals surface area contributed by atoms with Crippen LogP contribution in [-0.4, -0.2) is 55.7 Å². The van der Waals surface area contributed by atoms with E-state index in [2.05, 4.69) is 15.0 Å². The van der Waals surface area contributed by atoms with Gasteiger partial charge in [0.05, 0.1) is 22.2 Å². The molecule has 1 unspecified atom stereocenters. The van der Waals surface area contributed by atoms with Crippen LogP contribution in [0.5, 0.6) is 0 Å². The molecule has 2 aromatic heterocycles. The molecule has 2 atom stereocenters. The van der Waals surface area contributed by atoms with Gasteiger partial charge in [-0.1, -0.05) is 0 Å². The Balaban J connectivity index is 1.42. The van der Waals surface area contributed by atoms with Crippen LogP contribution in [0.1, 0.15) is 45.9 Å². The van der Waals surface area contributed by atoms with Crippen LogP contribution >= 0.6 is 11.3 Å². The summed E-state index contributed by atoms with van der Waals surface area (Å²) in [5.74, 6) is -1.06. The molecule has 13 heteroatoms. The fourth-order valence-electron chi connectivity index (χ4n) is 5.58. The lowest BCUT2D eigenvalue weighted by atomic mass is 9.88. The van der Waals surface area contributed by atoms with Gasteiger partial charge in [0.1, 0.15) is 29.2 Å². The average molecular weight is 627 g/mol. The Hall–Kier alpha value is -3.91. The lowest BCUT2D eigenvalue weighted by Gasteiger charge is -2.33. The Morgan fingerprint density at radius 2 is 1.88 bits per heavy atom. The van der Waals surface area contributed by atoms with Crippen molar-refractivity contribution in [3.63, 3.8) is 0 Å². The number of nitrogens with one attached hydrogen (secondary N) is 2. The largest absolute Gasteiger partial charge is 0.456 e. The van der Waals surface area contributed by atoms with E-state index in [1.165, 1.54) is 42.5 Å². The monoisotopic (exact) mass is 626 g/mol. The third-order valence-electron chi connectivity index (χ3n) is 7.53. The van der Waals surface area contributed by atoms with Crippen LogP contribution < -0.4 is 10.0 Å². The number of carbonyl (C=O) groups excluding carboxylic acids is 1. The van der Waals surface area contributed by atoms with Gasteiger partial charge >= 0.3 is 0 Å². The summed E-state index contributed by atoms with van der Waals surface area (Å²) < 4.78 is 61.5. The minimum Gasteiger partial charge on any atom is -0.456 e. The number of hydrogen-bond acceptors (Lipinski definition) is 8. The zero-order valence-electron chi connectivity index (χ0n) is 23.2. The molecular formula is C30H28F2N4O5S2. The van der Waals surface area contributed by atoms with E-state index in [4.69, 9.17) is 4.42 Å². The number of aliphatic hydroxyl groups is 1. The standard InChI is InChI=1S/C30H28F2N4O5S2/c1-33-28(37)26-21-13-20(23(35-43(2,39)40)14-24(21)41-27(26)16-5-7-18(31)8-6-16)17-4-3-11-36(15-17)30(38)29-34-22-10-9-19(32)12-25(22)42-29/h5-10,12-14,17,28,33,35,37H,3-4,11,15H2,1-2H3/t17-,28?/m1/s1. The van der Waals surface area contributed by atoms with E-state index in [0.29, 0.717) is 75.3 Å². The summed E-state index contributed by atoms with van der Waals surface area (Å²) in [4.78, 5) is 19.6. The van der Waals surface area contributed by atoms with Gasteiger partial charge in [-0.15, -0.1) is 11.3 Å². The van der Waals surface area contributed by atoms with E-state index < -0.39 is 27.9 Å². The molecule has 1 aliphatic rings. The van der Waals surface area contributed by atoms with Crippen molar-refractivity contribution >= 4 is 54.1 Å². The molecule has 1 amide bonds. The van der Waals surface area contributed by atoms with Crippen LogP contribution in [0.2, 0.25) is 0 Å². The molecule has 0 saturated carbocycles. The first kappa shape index (κ1) is 29.2. The molecule has 0 aliphatic carbocycles. The highest BCUT2D eigenvalue weighted by molar-refractivity contribution is 7.92.